The third-order valence-corrected chi connectivity index (χ3v) is 4.28. The van der Waals surface area contributed by atoms with Crippen LogP contribution in [-0.4, -0.2) is 32.5 Å². The van der Waals surface area contributed by atoms with Crippen LogP contribution in [0.25, 0.3) is 5.82 Å². The molecule has 3 heterocycles. The van der Waals surface area contributed by atoms with Crippen LogP contribution in [0.3, 0.4) is 0 Å². The quantitative estimate of drug-likeness (QED) is 0.700. The molecule has 7 heteroatoms. The SMILES string of the molecule is C[C@H](CC(=O)c1cccs1)NC(=O)c1cccc(-n2cccn2)n1. The number of carbonyl (C=O) groups excluding carboxylic acids is 2. The molecule has 0 bridgehead atoms. The van der Waals surface area contributed by atoms with Gasteiger partial charge in [0.25, 0.3) is 5.91 Å². The molecule has 122 valence electrons. The van der Waals surface area contributed by atoms with Crippen molar-refractivity contribution in [1.29, 1.82) is 0 Å². The predicted molar refractivity (Wildman–Crippen MR) is 91.6 cm³/mol. The summed E-state index contributed by atoms with van der Waals surface area (Å²) < 4.78 is 1.58. The number of carbonyl (C=O) groups is 2. The molecule has 0 aliphatic heterocycles. The van der Waals surface area contributed by atoms with Gasteiger partial charge in [0, 0.05) is 24.9 Å². The largest absolute Gasteiger partial charge is 0.348 e. The van der Waals surface area contributed by atoms with E-state index >= 15 is 0 Å². The summed E-state index contributed by atoms with van der Waals surface area (Å²) in [7, 11) is 0. The Hall–Kier alpha value is -2.80. The minimum absolute atomic E-state index is 0.0241. The average molecular weight is 340 g/mol. The summed E-state index contributed by atoms with van der Waals surface area (Å²) in [5.74, 6) is 0.279. The van der Waals surface area contributed by atoms with Gasteiger partial charge in [-0.3, -0.25) is 9.59 Å². The van der Waals surface area contributed by atoms with Gasteiger partial charge >= 0.3 is 0 Å². The topological polar surface area (TPSA) is 76.9 Å². The fraction of sp³-hybridized carbons (Fsp3) is 0.176. The van der Waals surface area contributed by atoms with Crippen LogP contribution < -0.4 is 5.32 Å². The number of amides is 1. The second kappa shape index (κ2) is 7.18. The van der Waals surface area contributed by atoms with Gasteiger partial charge in [-0.1, -0.05) is 12.1 Å². The highest BCUT2D eigenvalue weighted by Gasteiger charge is 2.16. The van der Waals surface area contributed by atoms with Gasteiger partial charge in [-0.2, -0.15) is 5.10 Å². The molecule has 0 unspecified atom stereocenters. The predicted octanol–water partition coefficient (Wildman–Crippen LogP) is 2.72. The van der Waals surface area contributed by atoms with Crippen molar-refractivity contribution < 1.29 is 9.59 Å². The van der Waals surface area contributed by atoms with Crippen LogP contribution in [-0.2, 0) is 0 Å². The Morgan fingerprint density at radius 2 is 2.12 bits per heavy atom. The van der Waals surface area contributed by atoms with E-state index in [1.165, 1.54) is 11.3 Å². The average Bonchev–Trinajstić information content (AvgIpc) is 3.28. The number of rotatable bonds is 6. The van der Waals surface area contributed by atoms with Crippen molar-refractivity contribution in [2.24, 2.45) is 0 Å². The van der Waals surface area contributed by atoms with E-state index in [1.807, 2.05) is 11.4 Å². The van der Waals surface area contributed by atoms with Crippen molar-refractivity contribution in [2.45, 2.75) is 19.4 Å². The molecule has 1 N–H and O–H groups in total. The number of nitrogens with one attached hydrogen (secondary N) is 1. The zero-order valence-electron chi connectivity index (χ0n) is 13.0. The number of ketones is 1. The molecule has 3 aromatic rings. The number of Topliss-reactive ketones (excluding diaryl/α,β-unsaturated/α-hetero) is 1. The van der Waals surface area contributed by atoms with Gasteiger partial charge < -0.3 is 5.32 Å². The third kappa shape index (κ3) is 3.75. The minimum atomic E-state index is -0.310. The lowest BCUT2D eigenvalue weighted by molar-refractivity contribution is 0.0915. The summed E-state index contributed by atoms with van der Waals surface area (Å²) in [4.78, 5) is 29.4. The molecule has 0 fully saturated rings. The number of aromatic nitrogens is 3. The van der Waals surface area contributed by atoms with Crippen LogP contribution in [0.4, 0.5) is 0 Å². The molecule has 3 aromatic heterocycles. The van der Waals surface area contributed by atoms with E-state index in [9.17, 15) is 9.59 Å². The Labute approximate surface area is 143 Å². The van der Waals surface area contributed by atoms with E-state index in [-0.39, 0.29) is 24.2 Å². The van der Waals surface area contributed by atoms with E-state index in [1.54, 1.807) is 54.3 Å². The lowest BCUT2D eigenvalue weighted by atomic mass is 10.1. The normalized spacial score (nSPS) is 11.9. The summed E-state index contributed by atoms with van der Waals surface area (Å²) in [6.45, 7) is 1.81. The van der Waals surface area contributed by atoms with E-state index < -0.39 is 0 Å². The van der Waals surface area contributed by atoms with Gasteiger partial charge in [-0.05, 0) is 36.6 Å². The second-order valence-corrected chi connectivity index (χ2v) is 6.26. The third-order valence-electron chi connectivity index (χ3n) is 3.37. The summed E-state index contributed by atoms with van der Waals surface area (Å²) >= 11 is 1.40. The maximum atomic E-state index is 12.3. The standard InChI is InChI=1S/C17H16N4O2S/c1-12(11-14(22)15-6-3-10-24-15)19-17(23)13-5-2-7-16(20-13)21-9-4-8-18-21/h2-10,12H,11H2,1H3,(H,19,23)/t12-/m1/s1. The first-order valence-corrected chi connectivity index (χ1v) is 8.36. The number of hydrogen-bond acceptors (Lipinski definition) is 5. The van der Waals surface area contributed by atoms with Gasteiger partial charge in [0.2, 0.25) is 0 Å². The van der Waals surface area contributed by atoms with Crippen LogP contribution in [0, 0.1) is 0 Å². The Balaban J connectivity index is 1.64. The summed E-state index contributed by atoms with van der Waals surface area (Å²) in [5, 5.41) is 8.77. The van der Waals surface area contributed by atoms with E-state index in [0.29, 0.717) is 16.4 Å². The summed E-state index contributed by atoms with van der Waals surface area (Å²) in [6.07, 6.45) is 3.66. The molecule has 24 heavy (non-hydrogen) atoms. The molecule has 6 nitrogen and oxygen atoms in total. The fourth-order valence-corrected chi connectivity index (χ4v) is 2.92. The van der Waals surface area contributed by atoms with Crippen LogP contribution >= 0.6 is 11.3 Å². The van der Waals surface area contributed by atoms with Gasteiger partial charge in [0.1, 0.15) is 5.69 Å². The first-order chi connectivity index (χ1) is 11.6. The van der Waals surface area contributed by atoms with Crippen molar-refractivity contribution >= 4 is 23.0 Å². The van der Waals surface area contributed by atoms with E-state index in [0.717, 1.165) is 0 Å². The minimum Gasteiger partial charge on any atom is -0.348 e. The van der Waals surface area contributed by atoms with Crippen molar-refractivity contribution in [3.8, 4) is 5.82 Å². The molecule has 3 rings (SSSR count). The molecule has 0 saturated carbocycles. The van der Waals surface area contributed by atoms with Gasteiger partial charge in [0.15, 0.2) is 11.6 Å². The van der Waals surface area contributed by atoms with Gasteiger partial charge in [-0.15, -0.1) is 11.3 Å². The highest BCUT2D eigenvalue weighted by atomic mass is 32.1. The van der Waals surface area contributed by atoms with Crippen molar-refractivity contribution in [3.63, 3.8) is 0 Å². The van der Waals surface area contributed by atoms with Crippen LogP contribution in [0.15, 0.2) is 54.2 Å². The fourth-order valence-electron chi connectivity index (χ4n) is 2.25. The Morgan fingerprint density at radius 3 is 2.83 bits per heavy atom. The monoisotopic (exact) mass is 340 g/mol. The Morgan fingerprint density at radius 1 is 1.25 bits per heavy atom. The smallest absolute Gasteiger partial charge is 0.270 e. The molecule has 1 atom stereocenters. The molecular formula is C17H16N4O2S. The van der Waals surface area contributed by atoms with Crippen LogP contribution in [0.1, 0.15) is 33.5 Å². The summed E-state index contributed by atoms with van der Waals surface area (Å²) in [5.41, 5.74) is 0.290. The Bertz CT molecular complexity index is 828. The number of hydrogen-bond donors (Lipinski definition) is 1. The molecule has 0 aromatic carbocycles. The highest BCUT2D eigenvalue weighted by molar-refractivity contribution is 7.12. The zero-order chi connectivity index (χ0) is 16.9. The van der Waals surface area contributed by atoms with E-state index in [4.69, 9.17) is 0 Å². The van der Waals surface area contributed by atoms with Gasteiger partial charge in [-0.25, -0.2) is 9.67 Å². The molecule has 0 radical (unpaired) electrons. The molecule has 0 saturated heterocycles. The lowest BCUT2D eigenvalue weighted by Crippen LogP contribution is -2.34. The zero-order valence-corrected chi connectivity index (χ0v) is 13.9. The number of nitrogens with zero attached hydrogens (tertiary/aromatic N) is 3. The maximum Gasteiger partial charge on any atom is 0.270 e. The van der Waals surface area contributed by atoms with E-state index in [2.05, 4.69) is 15.4 Å². The molecule has 1 amide bonds. The molecule has 0 aliphatic rings. The van der Waals surface area contributed by atoms with Gasteiger partial charge in [0.05, 0.1) is 4.88 Å². The number of pyridine rings is 1. The first kappa shape index (κ1) is 16.1. The first-order valence-electron chi connectivity index (χ1n) is 7.48. The maximum absolute atomic E-state index is 12.3. The molecule has 0 aliphatic carbocycles. The molecule has 0 spiro atoms. The second-order valence-electron chi connectivity index (χ2n) is 5.31. The summed E-state index contributed by atoms with van der Waals surface area (Å²) in [6, 6.07) is 10.3. The lowest BCUT2D eigenvalue weighted by Gasteiger charge is -2.12. The van der Waals surface area contributed by atoms with Crippen molar-refractivity contribution in [1.82, 2.24) is 20.1 Å². The Kier molecular flexibility index (Phi) is 4.81. The van der Waals surface area contributed by atoms with Crippen LogP contribution in [0.5, 0.6) is 0 Å². The van der Waals surface area contributed by atoms with Crippen LogP contribution in [0.2, 0.25) is 0 Å². The molecular weight excluding hydrogens is 324 g/mol. The van der Waals surface area contributed by atoms with Crippen molar-refractivity contribution in [2.75, 3.05) is 0 Å². The van der Waals surface area contributed by atoms with Crippen molar-refractivity contribution in [3.05, 3.63) is 64.7 Å². The highest BCUT2D eigenvalue weighted by Crippen LogP contribution is 2.12. The number of thiophene rings is 1.